The van der Waals surface area contributed by atoms with Gasteiger partial charge < -0.3 is 9.47 Å². The molecule has 2 aromatic rings. The number of thiazole rings is 1. The fourth-order valence-corrected chi connectivity index (χ4v) is 3.06. The van der Waals surface area contributed by atoms with Gasteiger partial charge in [-0.3, -0.25) is 9.36 Å². The predicted molar refractivity (Wildman–Crippen MR) is 91.3 cm³/mol. The summed E-state index contributed by atoms with van der Waals surface area (Å²) in [7, 11) is 1.19. The van der Waals surface area contributed by atoms with E-state index >= 15 is 0 Å². The molecule has 0 aliphatic heterocycles. The molecule has 0 aliphatic rings. The van der Waals surface area contributed by atoms with Gasteiger partial charge in [0.05, 0.1) is 19.4 Å². The van der Waals surface area contributed by atoms with E-state index in [1.165, 1.54) is 11.7 Å². The van der Waals surface area contributed by atoms with Crippen LogP contribution in [0.3, 0.4) is 0 Å². The molecule has 0 saturated carbocycles. The van der Waals surface area contributed by atoms with Gasteiger partial charge in [-0.2, -0.15) is 5.26 Å². The second-order valence-corrected chi connectivity index (χ2v) is 5.65. The Morgan fingerprint density at radius 2 is 2.00 bits per heavy atom. The van der Waals surface area contributed by atoms with Gasteiger partial charge in [0.15, 0.2) is 5.57 Å². The number of benzene rings is 1. The highest BCUT2D eigenvalue weighted by Gasteiger charge is 2.18. The summed E-state index contributed by atoms with van der Waals surface area (Å²) in [6.45, 7) is 1.70. The Morgan fingerprint density at radius 1 is 1.32 bits per heavy atom. The molecular formula is C17H14N2O5S. The number of hydrogen-bond acceptors (Lipinski definition) is 7. The van der Waals surface area contributed by atoms with Gasteiger partial charge in [-0.05, 0) is 19.1 Å². The second-order valence-electron chi connectivity index (χ2n) is 4.62. The molecule has 0 fully saturated rings. The molecule has 1 aromatic heterocycles. The maximum atomic E-state index is 12.7. The second kappa shape index (κ2) is 8.08. The van der Waals surface area contributed by atoms with Crippen LogP contribution in [0.25, 0.3) is 17.3 Å². The van der Waals surface area contributed by atoms with Crippen molar-refractivity contribution in [3.63, 3.8) is 0 Å². The van der Waals surface area contributed by atoms with Crippen molar-refractivity contribution in [1.29, 1.82) is 5.26 Å². The highest BCUT2D eigenvalue weighted by Crippen LogP contribution is 2.04. The van der Waals surface area contributed by atoms with Crippen molar-refractivity contribution in [3.8, 4) is 11.8 Å². The molecule has 7 nitrogen and oxygen atoms in total. The third-order valence-corrected chi connectivity index (χ3v) is 4.19. The van der Waals surface area contributed by atoms with Gasteiger partial charge in [0, 0.05) is 6.08 Å². The fraction of sp³-hybridized carbons (Fsp3) is 0.176. The van der Waals surface area contributed by atoms with Crippen molar-refractivity contribution >= 4 is 34.9 Å². The Hall–Kier alpha value is -3.18. The van der Waals surface area contributed by atoms with Crippen LogP contribution in [0.2, 0.25) is 0 Å². The molecule has 0 spiro atoms. The number of methoxy groups -OCH3 is 1. The van der Waals surface area contributed by atoms with Crippen LogP contribution < -0.4 is 14.8 Å². The van der Waals surface area contributed by atoms with E-state index < -0.39 is 17.5 Å². The topological polar surface area (TPSA) is 98.4 Å². The van der Waals surface area contributed by atoms with Crippen molar-refractivity contribution in [1.82, 2.24) is 4.57 Å². The molecular weight excluding hydrogens is 344 g/mol. The molecule has 0 radical (unpaired) electrons. The lowest BCUT2D eigenvalue weighted by Gasteiger charge is -2.03. The average molecular weight is 358 g/mol. The Labute approximate surface area is 146 Å². The van der Waals surface area contributed by atoms with Gasteiger partial charge in [-0.1, -0.05) is 18.2 Å². The van der Waals surface area contributed by atoms with Crippen LogP contribution >= 0.6 is 11.3 Å². The van der Waals surface area contributed by atoms with E-state index in [2.05, 4.69) is 4.74 Å². The van der Waals surface area contributed by atoms with E-state index in [4.69, 9.17) is 4.74 Å². The third-order valence-electron chi connectivity index (χ3n) is 3.09. The molecule has 0 N–H and O–H groups in total. The minimum absolute atomic E-state index is 0.0442. The van der Waals surface area contributed by atoms with Crippen molar-refractivity contribution in [2.24, 2.45) is 0 Å². The summed E-state index contributed by atoms with van der Waals surface area (Å²) in [5.41, 5.74) is -0.383. The first-order valence-electron chi connectivity index (χ1n) is 7.22. The molecule has 25 heavy (non-hydrogen) atoms. The number of hydrogen-bond donors (Lipinski definition) is 0. The van der Waals surface area contributed by atoms with Gasteiger partial charge in [0.25, 0.3) is 5.56 Å². The smallest absolute Gasteiger partial charge is 0.351 e. The molecule has 2 rings (SSSR count). The number of nitrogens with zero attached hydrogens (tertiary/aromatic N) is 2. The number of esters is 2. The number of para-hydroxylation sites is 1. The minimum atomic E-state index is -0.833. The normalized spacial score (nSPS) is 12.3. The first-order valence-corrected chi connectivity index (χ1v) is 8.03. The third kappa shape index (κ3) is 3.84. The zero-order valence-corrected chi connectivity index (χ0v) is 14.3. The zero-order valence-electron chi connectivity index (χ0n) is 13.5. The number of carbonyl (C=O) groups is 2. The van der Waals surface area contributed by atoms with Crippen molar-refractivity contribution < 1.29 is 19.1 Å². The first-order chi connectivity index (χ1) is 12.0. The lowest BCUT2D eigenvalue weighted by molar-refractivity contribution is -0.136. The maximum Gasteiger partial charge on any atom is 0.351 e. The summed E-state index contributed by atoms with van der Waals surface area (Å²) in [6, 6.07) is 10.3. The molecule has 128 valence electrons. The molecule has 0 bridgehead atoms. The van der Waals surface area contributed by atoms with Gasteiger partial charge in [-0.15, -0.1) is 11.3 Å². The van der Waals surface area contributed by atoms with E-state index in [1.54, 1.807) is 43.3 Å². The van der Waals surface area contributed by atoms with Crippen LogP contribution in [0.15, 0.2) is 35.1 Å². The van der Waals surface area contributed by atoms with Gasteiger partial charge >= 0.3 is 11.9 Å². The summed E-state index contributed by atoms with van der Waals surface area (Å²) >= 11 is 0.845. The Morgan fingerprint density at radius 3 is 2.56 bits per heavy atom. The zero-order chi connectivity index (χ0) is 18.4. The molecule has 0 aliphatic carbocycles. The van der Waals surface area contributed by atoms with Crippen molar-refractivity contribution in [2.45, 2.75) is 6.92 Å². The Kier molecular flexibility index (Phi) is 5.87. The van der Waals surface area contributed by atoms with Gasteiger partial charge in [0.2, 0.25) is 0 Å². The van der Waals surface area contributed by atoms with Gasteiger partial charge in [0.1, 0.15) is 15.3 Å². The molecule has 0 amide bonds. The summed E-state index contributed by atoms with van der Waals surface area (Å²) in [5, 5.41) is 9.38. The quantitative estimate of drug-likeness (QED) is 0.719. The van der Waals surface area contributed by atoms with E-state index in [9.17, 15) is 19.6 Å². The molecule has 8 heteroatoms. The minimum Gasteiger partial charge on any atom is -0.466 e. The predicted octanol–water partition coefficient (Wildman–Crippen LogP) is 0.0899. The molecule has 1 aromatic carbocycles. The van der Waals surface area contributed by atoms with Crippen LogP contribution in [-0.4, -0.2) is 30.2 Å². The fourth-order valence-electron chi connectivity index (χ4n) is 2.01. The lowest BCUT2D eigenvalue weighted by atomic mass is 10.3. The highest BCUT2D eigenvalue weighted by atomic mass is 32.1. The SMILES string of the molecule is CCOC(=O)/C(C#N)=c1\s/c(=C/C(=O)OC)c(=O)n1-c1ccccc1. The number of rotatable bonds is 4. The maximum absolute atomic E-state index is 12.7. The van der Waals surface area contributed by atoms with E-state index in [1.807, 2.05) is 0 Å². The molecule has 0 saturated heterocycles. The number of nitriles is 1. The monoisotopic (exact) mass is 358 g/mol. The largest absolute Gasteiger partial charge is 0.466 e. The molecule has 0 unspecified atom stereocenters. The van der Waals surface area contributed by atoms with E-state index in [-0.39, 0.29) is 21.4 Å². The van der Waals surface area contributed by atoms with E-state index in [0.717, 1.165) is 17.4 Å². The summed E-state index contributed by atoms with van der Waals surface area (Å²) < 4.78 is 10.8. The Bertz CT molecular complexity index is 1010. The standard InChI is InChI=1S/C17H14N2O5S/c1-3-24-17(22)12(10-18)16-19(11-7-5-4-6-8-11)15(21)13(25-16)9-14(20)23-2/h4-9H,3H2,1-2H3/b13-9+,16-12-. The van der Waals surface area contributed by atoms with Crippen LogP contribution in [-0.2, 0) is 19.1 Å². The van der Waals surface area contributed by atoms with Crippen LogP contribution in [0.5, 0.6) is 0 Å². The van der Waals surface area contributed by atoms with Crippen LogP contribution in [0.1, 0.15) is 6.92 Å². The Balaban J connectivity index is 2.93. The number of ether oxygens (including phenoxy) is 2. The summed E-state index contributed by atoms with van der Waals surface area (Å²) in [5.74, 6) is -1.54. The summed E-state index contributed by atoms with van der Waals surface area (Å²) in [4.78, 5) is 36.3. The number of carbonyl (C=O) groups excluding carboxylic acids is 2. The van der Waals surface area contributed by atoms with Crippen molar-refractivity contribution in [2.75, 3.05) is 13.7 Å². The van der Waals surface area contributed by atoms with Crippen LogP contribution in [0, 0.1) is 11.3 Å². The highest BCUT2D eigenvalue weighted by molar-refractivity contribution is 7.07. The molecule has 1 heterocycles. The van der Waals surface area contributed by atoms with Crippen molar-refractivity contribution in [3.05, 3.63) is 49.9 Å². The first kappa shape index (κ1) is 18.2. The van der Waals surface area contributed by atoms with E-state index in [0.29, 0.717) is 5.69 Å². The van der Waals surface area contributed by atoms with Crippen LogP contribution in [0.4, 0.5) is 0 Å². The average Bonchev–Trinajstić information content (AvgIpc) is 2.92. The number of aromatic nitrogens is 1. The summed E-state index contributed by atoms with van der Waals surface area (Å²) in [6.07, 6.45) is 1.02. The lowest BCUT2D eigenvalue weighted by Crippen LogP contribution is -2.32. The molecule has 0 atom stereocenters. The van der Waals surface area contributed by atoms with Gasteiger partial charge in [-0.25, -0.2) is 9.59 Å².